The molecule has 0 unspecified atom stereocenters. The molecule has 0 amide bonds. The fourth-order valence-electron chi connectivity index (χ4n) is 4.55. The second-order valence-corrected chi connectivity index (χ2v) is 9.47. The molecule has 4 aromatic rings. The van der Waals surface area contributed by atoms with Gasteiger partial charge in [-0.15, -0.1) is 0 Å². The van der Waals surface area contributed by atoms with Crippen LogP contribution in [0, 0.1) is 31.4 Å². The third-order valence-electron chi connectivity index (χ3n) is 6.66. The lowest BCUT2D eigenvalue weighted by molar-refractivity contribution is -0.0197. The predicted molar refractivity (Wildman–Crippen MR) is 126 cm³/mol. The molecule has 1 saturated carbocycles. The number of benzene rings is 1. The van der Waals surface area contributed by atoms with Gasteiger partial charge in [0.15, 0.2) is 5.65 Å². The molecule has 1 saturated heterocycles. The average molecular weight is 496 g/mol. The molecule has 8 nitrogen and oxygen atoms in total. The van der Waals surface area contributed by atoms with E-state index in [1.807, 2.05) is 18.7 Å². The third kappa shape index (κ3) is 3.97. The van der Waals surface area contributed by atoms with Crippen LogP contribution in [0.15, 0.2) is 24.4 Å². The molecule has 6 rings (SSSR count). The summed E-state index contributed by atoms with van der Waals surface area (Å²) >= 11 is 0. The van der Waals surface area contributed by atoms with Gasteiger partial charge >= 0.3 is 0 Å². The maximum Gasteiger partial charge on any atom is 0.228 e. The highest BCUT2D eigenvalue weighted by atomic mass is 19.1. The zero-order chi connectivity index (χ0) is 25.1. The first-order valence-corrected chi connectivity index (χ1v) is 11.9. The Kier molecular flexibility index (Phi) is 5.40. The molecule has 4 heterocycles. The summed E-state index contributed by atoms with van der Waals surface area (Å²) in [6.07, 6.45) is 2.51. The molecular formula is C25H24F3N7O. The topological polar surface area (TPSA) is 81.9 Å². The van der Waals surface area contributed by atoms with Crippen LogP contribution in [0.1, 0.15) is 48.9 Å². The maximum atomic E-state index is 15.1. The first-order valence-electron chi connectivity index (χ1n) is 11.9. The largest absolute Gasteiger partial charge is 0.367 e. The minimum absolute atomic E-state index is 0.0946. The van der Waals surface area contributed by atoms with E-state index in [0.29, 0.717) is 34.7 Å². The number of hydrogen-bond acceptors (Lipinski definition) is 7. The van der Waals surface area contributed by atoms with Crippen molar-refractivity contribution in [3.05, 3.63) is 58.9 Å². The summed E-state index contributed by atoms with van der Waals surface area (Å²) in [5.74, 6) is -1.55. The van der Waals surface area contributed by atoms with E-state index in [0.717, 1.165) is 18.9 Å². The van der Waals surface area contributed by atoms with Crippen LogP contribution in [0.4, 0.5) is 19.1 Å². The Balaban J connectivity index is 1.44. The Hall–Kier alpha value is -3.60. The summed E-state index contributed by atoms with van der Waals surface area (Å²) in [4.78, 5) is 20.3. The molecule has 3 aromatic heterocycles. The Morgan fingerprint density at radius 3 is 2.50 bits per heavy atom. The third-order valence-corrected chi connectivity index (χ3v) is 6.66. The van der Waals surface area contributed by atoms with E-state index in [-0.39, 0.29) is 41.8 Å². The molecule has 11 heteroatoms. The molecule has 36 heavy (non-hydrogen) atoms. The number of hydrogen-bond donors (Lipinski definition) is 0. The average Bonchev–Trinajstić information content (AvgIpc) is 3.60. The van der Waals surface area contributed by atoms with Gasteiger partial charge in [0.2, 0.25) is 11.9 Å². The van der Waals surface area contributed by atoms with Crippen molar-refractivity contribution in [3.8, 4) is 11.3 Å². The fourth-order valence-corrected chi connectivity index (χ4v) is 4.55. The van der Waals surface area contributed by atoms with Gasteiger partial charge in [0.25, 0.3) is 0 Å². The van der Waals surface area contributed by atoms with Crippen LogP contribution >= 0.6 is 0 Å². The van der Waals surface area contributed by atoms with Crippen molar-refractivity contribution in [3.63, 3.8) is 0 Å². The van der Waals surface area contributed by atoms with Crippen molar-refractivity contribution in [2.45, 2.75) is 51.9 Å². The summed E-state index contributed by atoms with van der Waals surface area (Å²) in [6.45, 7) is 6.20. The number of fused-ring (bicyclic) bond motifs is 1. The quantitative estimate of drug-likeness (QED) is 0.409. The Morgan fingerprint density at radius 2 is 1.75 bits per heavy atom. The highest BCUT2D eigenvalue weighted by Crippen LogP contribution is 2.38. The Labute approximate surface area is 205 Å². The SMILES string of the molecule is Cc1nc2nc(N3C[C@H](C)O[C@@H](c4cnn(C5CC5)c4F)C3)nc(-c3ccc(F)cc3F)c2nc1C. The van der Waals surface area contributed by atoms with Crippen molar-refractivity contribution >= 4 is 17.1 Å². The highest BCUT2D eigenvalue weighted by Gasteiger charge is 2.35. The van der Waals surface area contributed by atoms with Gasteiger partial charge in [-0.2, -0.15) is 14.5 Å². The zero-order valence-corrected chi connectivity index (χ0v) is 20.0. The molecule has 0 spiro atoms. The lowest BCUT2D eigenvalue weighted by Crippen LogP contribution is -2.44. The van der Waals surface area contributed by atoms with Crippen LogP contribution in [-0.2, 0) is 4.74 Å². The molecule has 2 fully saturated rings. The normalized spacial score (nSPS) is 20.3. The first-order chi connectivity index (χ1) is 17.3. The number of morpholine rings is 1. The van der Waals surface area contributed by atoms with Crippen molar-refractivity contribution < 1.29 is 17.9 Å². The maximum absolute atomic E-state index is 15.1. The molecule has 186 valence electrons. The number of rotatable bonds is 4. The number of aromatic nitrogens is 6. The van der Waals surface area contributed by atoms with Crippen molar-refractivity contribution in [1.82, 2.24) is 29.7 Å². The number of anilines is 1. The fraction of sp³-hybridized carbons (Fsp3) is 0.400. The lowest BCUT2D eigenvalue weighted by Gasteiger charge is -2.36. The van der Waals surface area contributed by atoms with Gasteiger partial charge in [-0.3, -0.25) is 0 Å². The van der Waals surface area contributed by atoms with E-state index in [1.54, 1.807) is 6.92 Å². The Bertz CT molecular complexity index is 1490. The Morgan fingerprint density at radius 1 is 0.972 bits per heavy atom. The van der Waals surface area contributed by atoms with Crippen LogP contribution in [0.3, 0.4) is 0 Å². The summed E-state index contributed by atoms with van der Waals surface area (Å²) in [6, 6.07) is 3.43. The summed E-state index contributed by atoms with van der Waals surface area (Å²) in [5, 5.41) is 4.23. The van der Waals surface area contributed by atoms with E-state index < -0.39 is 17.7 Å². The van der Waals surface area contributed by atoms with Gasteiger partial charge in [0, 0.05) is 18.2 Å². The monoisotopic (exact) mass is 495 g/mol. The van der Waals surface area contributed by atoms with Gasteiger partial charge in [-0.1, -0.05) is 0 Å². The molecule has 0 radical (unpaired) electrons. The van der Waals surface area contributed by atoms with Crippen LogP contribution in [-0.4, -0.2) is 48.9 Å². The standard InChI is InChI=1S/C25H24F3N7O/c1-12-10-34(11-20(36-12)18-9-29-35(23(18)28)16-5-6-16)25-32-21(17-7-4-15(26)8-19(17)27)22-24(33-25)31-14(3)13(2)30-22/h4,7-9,12,16,20H,5-6,10-11H2,1-3H3/t12-,20+/m0/s1. The van der Waals surface area contributed by atoms with Crippen LogP contribution < -0.4 is 4.90 Å². The van der Waals surface area contributed by atoms with E-state index in [4.69, 9.17) is 4.74 Å². The molecular weight excluding hydrogens is 471 g/mol. The van der Waals surface area contributed by atoms with Crippen LogP contribution in [0.2, 0.25) is 0 Å². The summed E-state index contributed by atoms with van der Waals surface area (Å²) in [7, 11) is 0. The number of nitrogens with zero attached hydrogens (tertiary/aromatic N) is 7. The minimum atomic E-state index is -0.760. The molecule has 2 atom stereocenters. The van der Waals surface area contributed by atoms with Gasteiger partial charge in [0.1, 0.15) is 28.9 Å². The smallest absolute Gasteiger partial charge is 0.228 e. The summed E-state index contributed by atoms with van der Waals surface area (Å²) in [5.41, 5.74) is 2.65. The molecule has 0 N–H and O–H groups in total. The van der Waals surface area contributed by atoms with Crippen molar-refractivity contribution in [2.75, 3.05) is 18.0 Å². The van der Waals surface area contributed by atoms with Gasteiger partial charge in [0.05, 0.1) is 41.8 Å². The van der Waals surface area contributed by atoms with Gasteiger partial charge in [-0.25, -0.2) is 28.4 Å². The highest BCUT2D eigenvalue weighted by molar-refractivity contribution is 5.88. The number of ether oxygens (including phenoxy) is 1. The van der Waals surface area contributed by atoms with Crippen LogP contribution in [0.25, 0.3) is 22.4 Å². The molecule has 1 aliphatic carbocycles. The van der Waals surface area contributed by atoms with E-state index in [1.165, 1.54) is 23.0 Å². The van der Waals surface area contributed by atoms with Crippen molar-refractivity contribution in [2.24, 2.45) is 0 Å². The minimum Gasteiger partial charge on any atom is -0.367 e. The number of halogens is 3. The zero-order valence-electron chi connectivity index (χ0n) is 20.0. The molecule has 1 aromatic carbocycles. The first kappa shape index (κ1) is 22.8. The molecule has 0 bridgehead atoms. The second kappa shape index (κ2) is 8.51. The number of aryl methyl sites for hydroxylation is 2. The van der Waals surface area contributed by atoms with Crippen molar-refractivity contribution in [1.29, 1.82) is 0 Å². The van der Waals surface area contributed by atoms with Gasteiger partial charge in [-0.05, 0) is 45.7 Å². The van der Waals surface area contributed by atoms with E-state index in [9.17, 15) is 8.78 Å². The molecule has 1 aliphatic heterocycles. The predicted octanol–water partition coefficient (Wildman–Crippen LogP) is 4.62. The lowest BCUT2D eigenvalue weighted by atomic mass is 10.1. The van der Waals surface area contributed by atoms with E-state index >= 15 is 4.39 Å². The summed E-state index contributed by atoms with van der Waals surface area (Å²) < 4.78 is 51.1. The second-order valence-electron chi connectivity index (χ2n) is 9.47. The molecule has 2 aliphatic rings. The van der Waals surface area contributed by atoms with Crippen LogP contribution in [0.5, 0.6) is 0 Å². The van der Waals surface area contributed by atoms with Gasteiger partial charge < -0.3 is 9.64 Å². The van der Waals surface area contributed by atoms with E-state index in [2.05, 4.69) is 25.0 Å².